The van der Waals surface area contributed by atoms with Gasteiger partial charge in [-0.15, -0.1) is 0 Å². The monoisotopic (exact) mass is 227 g/mol. The molecule has 2 heterocycles. The van der Waals surface area contributed by atoms with E-state index in [1.807, 2.05) is 12.1 Å². The minimum atomic E-state index is -0.538. The van der Waals surface area contributed by atoms with E-state index < -0.39 is 5.91 Å². The van der Waals surface area contributed by atoms with Crippen molar-refractivity contribution in [3.8, 4) is 0 Å². The minimum absolute atomic E-state index is 0.267. The Morgan fingerprint density at radius 1 is 1.41 bits per heavy atom. The number of carbonyl (C=O) groups is 1. The summed E-state index contributed by atoms with van der Waals surface area (Å²) in [4.78, 5) is 19.5. The molecule has 0 aliphatic heterocycles. The summed E-state index contributed by atoms with van der Waals surface area (Å²) in [6, 6.07) is 3.67. The first kappa shape index (κ1) is 9.71. The fourth-order valence-electron chi connectivity index (χ4n) is 1.99. The van der Waals surface area contributed by atoms with Crippen molar-refractivity contribution in [3.63, 3.8) is 0 Å². The molecule has 1 amide bonds. The fraction of sp³-hybridized carbons (Fsp3) is 0.0909. The van der Waals surface area contributed by atoms with Gasteiger partial charge in [0.1, 0.15) is 6.33 Å². The van der Waals surface area contributed by atoms with E-state index in [1.165, 1.54) is 6.33 Å². The Labute approximate surface area is 96.1 Å². The van der Waals surface area contributed by atoms with E-state index in [2.05, 4.69) is 15.1 Å². The van der Waals surface area contributed by atoms with E-state index in [-0.39, 0.29) is 5.69 Å². The van der Waals surface area contributed by atoms with Gasteiger partial charge in [-0.05, 0) is 6.07 Å². The van der Waals surface area contributed by atoms with Gasteiger partial charge in [0.15, 0.2) is 5.69 Å². The lowest BCUT2D eigenvalue weighted by Crippen LogP contribution is -2.12. The zero-order valence-corrected chi connectivity index (χ0v) is 9.08. The maximum Gasteiger partial charge on any atom is 0.269 e. The van der Waals surface area contributed by atoms with Gasteiger partial charge in [0, 0.05) is 24.0 Å². The van der Waals surface area contributed by atoms with Crippen molar-refractivity contribution >= 4 is 27.7 Å². The van der Waals surface area contributed by atoms with Gasteiger partial charge in [-0.3, -0.25) is 9.48 Å². The van der Waals surface area contributed by atoms with Gasteiger partial charge < -0.3 is 5.73 Å². The van der Waals surface area contributed by atoms with Gasteiger partial charge >= 0.3 is 0 Å². The van der Waals surface area contributed by atoms with Gasteiger partial charge in [-0.1, -0.05) is 6.07 Å². The molecule has 0 unspecified atom stereocenters. The number of nitrogens with two attached hydrogens (primary N) is 1. The lowest BCUT2D eigenvalue weighted by atomic mass is 10.1. The summed E-state index contributed by atoms with van der Waals surface area (Å²) >= 11 is 0. The number of nitrogens with zero attached hydrogens (tertiary/aromatic N) is 4. The van der Waals surface area contributed by atoms with Crippen LogP contribution in [-0.4, -0.2) is 25.7 Å². The van der Waals surface area contributed by atoms with Crippen LogP contribution in [0.15, 0.2) is 24.7 Å². The third-order valence-corrected chi connectivity index (χ3v) is 2.71. The van der Waals surface area contributed by atoms with E-state index >= 15 is 0 Å². The van der Waals surface area contributed by atoms with Gasteiger partial charge in [0.05, 0.1) is 11.0 Å². The van der Waals surface area contributed by atoms with Crippen molar-refractivity contribution in [2.24, 2.45) is 12.8 Å². The number of rotatable bonds is 1. The molecular weight excluding hydrogens is 218 g/mol. The Hall–Kier alpha value is -2.50. The molecule has 0 aliphatic carbocycles. The molecule has 0 atom stereocenters. The van der Waals surface area contributed by atoms with Crippen LogP contribution in [0.3, 0.4) is 0 Å². The van der Waals surface area contributed by atoms with Crippen molar-refractivity contribution < 1.29 is 4.79 Å². The van der Waals surface area contributed by atoms with Gasteiger partial charge in [-0.2, -0.15) is 5.10 Å². The van der Waals surface area contributed by atoms with Crippen molar-refractivity contribution in [2.75, 3.05) is 0 Å². The maximum atomic E-state index is 11.3. The molecule has 1 aromatic carbocycles. The Balaban J connectivity index is 2.55. The molecule has 17 heavy (non-hydrogen) atoms. The Morgan fingerprint density at radius 3 is 3.00 bits per heavy atom. The van der Waals surface area contributed by atoms with Crippen LogP contribution >= 0.6 is 0 Å². The molecule has 0 bridgehead atoms. The van der Waals surface area contributed by atoms with Crippen LogP contribution in [0.25, 0.3) is 21.8 Å². The van der Waals surface area contributed by atoms with Crippen LogP contribution in [-0.2, 0) is 7.05 Å². The summed E-state index contributed by atoms with van der Waals surface area (Å²) in [6.07, 6.45) is 3.19. The number of primary amides is 1. The molecule has 0 aliphatic rings. The summed E-state index contributed by atoms with van der Waals surface area (Å²) < 4.78 is 1.62. The van der Waals surface area contributed by atoms with Crippen molar-refractivity contribution in [3.05, 3.63) is 30.4 Å². The fourth-order valence-corrected chi connectivity index (χ4v) is 1.99. The van der Waals surface area contributed by atoms with Crippen molar-refractivity contribution in [1.29, 1.82) is 0 Å². The van der Waals surface area contributed by atoms with Crippen molar-refractivity contribution in [1.82, 2.24) is 19.7 Å². The van der Waals surface area contributed by atoms with Crippen LogP contribution in [0.5, 0.6) is 0 Å². The summed E-state index contributed by atoms with van der Waals surface area (Å²) in [6.45, 7) is 0. The normalized spacial score (nSPS) is 11.1. The Morgan fingerprint density at radius 2 is 2.24 bits per heavy atom. The summed E-state index contributed by atoms with van der Waals surface area (Å²) in [7, 11) is 1.76. The summed E-state index contributed by atoms with van der Waals surface area (Å²) in [5.74, 6) is -0.538. The average Bonchev–Trinajstić information content (AvgIpc) is 2.67. The van der Waals surface area contributed by atoms with Crippen LogP contribution in [0.2, 0.25) is 0 Å². The second-order valence-corrected chi connectivity index (χ2v) is 3.76. The first-order valence-corrected chi connectivity index (χ1v) is 5.03. The van der Waals surface area contributed by atoms with Crippen LogP contribution in [0.4, 0.5) is 0 Å². The highest BCUT2D eigenvalue weighted by Crippen LogP contribution is 2.24. The molecule has 6 nitrogen and oxygen atoms in total. The topological polar surface area (TPSA) is 86.7 Å². The number of hydrogen-bond donors (Lipinski definition) is 1. The first-order valence-electron chi connectivity index (χ1n) is 5.03. The molecule has 0 radical (unpaired) electrons. The molecule has 0 saturated heterocycles. The molecule has 2 N–H and O–H groups in total. The number of benzene rings is 1. The number of aromatic nitrogens is 4. The third-order valence-electron chi connectivity index (χ3n) is 2.71. The third kappa shape index (κ3) is 1.27. The standard InChI is InChI=1S/C11H9N5O/c1-16-10-7(9(15-16)11(12)17)3-2-6-4-13-5-14-8(6)10/h2-5H,1H3,(H2,12,17). The van der Waals surface area contributed by atoms with E-state index in [0.717, 1.165) is 16.4 Å². The van der Waals surface area contributed by atoms with E-state index in [4.69, 9.17) is 5.73 Å². The molecule has 0 fully saturated rings. The predicted octanol–water partition coefficient (Wildman–Crippen LogP) is 0.615. The highest BCUT2D eigenvalue weighted by atomic mass is 16.1. The lowest BCUT2D eigenvalue weighted by molar-refractivity contribution is 0.0996. The van der Waals surface area contributed by atoms with E-state index in [0.29, 0.717) is 5.39 Å². The second-order valence-electron chi connectivity index (χ2n) is 3.76. The van der Waals surface area contributed by atoms with Crippen molar-refractivity contribution in [2.45, 2.75) is 0 Å². The predicted molar refractivity (Wildman–Crippen MR) is 62.3 cm³/mol. The second kappa shape index (κ2) is 3.24. The minimum Gasteiger partial charge on any atom is -0.364 e. The van der Waals surface area contributed by atoms with E-state index in [1.54, 1.807) is 17.9 Å². The zero-order valence-electron chi connectivity index (χ0n) is 9.08. The van der Waals surface area contributed by atoms with Crippen LogP contribution < -0.4 is 5.73 Å². The summed E-state index contributed by atoms with van der Waals surface area (Å²) in [5, 5.41) is 5.74. The van der Waals surface area contributed by atoms with Gasteiger partial charge in [0.25, 0.3) is 5.91 Å². The smallest absolute Gasteiger partial charge is 0.269 e. The highest BCUT2D eigenvalue weighted by molar-refractivity contribution is 6.11. The molecule has 2 aromatic heterocycles. The largest absolute Gasteiger partial charge is 0.364 e. The number of amides is 1. The molecule has 3 rings (SSSR count). The number of fused-ring (bicyclic) bond motifs is 3. The molecule has 6 heteroatoms. The van der Waals surface area contributed by atoms with Crippen LogP contribution in [0.1, 0.15) is 10.5 Å². The Bertz CT molecular complexity index is 746. The quantitative estimate of drug-likeness (QED) is 0.660. The molecule has 3 aromatic rings. The maximum absolute atomic E-state index is 11.3. The van der Waals surface area contributed by atoms with Gasteiger partial charge in [0.2, 0.25) is 0 Å². The number of hydrogen-bond acceptors (Lipinski definition) is 4. The molecule has 0 saturated carbocycles. The average molecular weight is 227 g/mol. The molecule has 0 spiro atoms. The first-order chi connectivity index (χ1) is 8.18. The van der Waals surface area contributed by atoms with Gasteiger partial charge in [-0.25, -0.2) is 9.97 Å². The van der Waals surface area contributed by atoms with Crippen LogP contribution in [0, 0.1) is 0 Å². The Kier molecular flexibility index (Phi) is 1.85. The highest BCUT2D eigenvalue weighted by Gasteiger charge is 2.15. The van der Waals surface area contributed by atoms with E-state index in [9.17, 15) is 4.79 Å². The lowest BCUT2D eigenvalue weighted by Gasteiger charge is -1.99. The zero-order chi connectivity index (χ0) is 12.0. The SMILES string of the molecule is Cn1nc(C(N)=O)c2ccc3cncnc3c21. The summed E-state index contributed by atoms with van der Waals surface area (Å²) in [5.41, 5.74) is 7.11. The number of aryl methyl sites for hydroxylation is 1. The molecule has 84 valence electrons. The number of carbonyl (C=O) groups excluding carboxylic acids is 1. The molecular formula is C11H9N5O.